The average Bonchev–Trinajstić information content (AvgIpc) is 3.02. The van der Waals surface area contributed by atoms with E-state index in [4.69, 9.17) is 0 Å². The van der Waals surface area contributed by atoms with E-state index in [-0.39, 0.29) is 10.8 Å². The molecule has 2 aromatic carbocycles. The number of benzene rings is 2. The molecule has 150 valence electrons. The highest BCUT2D eigenvalue weighted by molar-refractivity contribution is 5.71. The largest absolute Gasteiger partial charge is 0.347 e. The summed E-state index contributed by atoms with van der Waals surface area (Å²) in [4.78, 5) is 4.66. The summed E-state index contributed by atoms with van der Waals surface area (Å²) in [5.41, 5.74) is 8.24. The monoisotopic (exact) mass is 384 g/mol. The van der Waals surface area contributed by atoms with Gasteiger partial charge in [-0.2, -0.15) is 0 Å². The van der Waals surface area contributed by atoms with Crippen molar-refractivity contribution in [3.8, 4) is 0 Å². The molecule has 2 aliphatic rings. The molecule has 29 heavy (non-hydrogen) atoms. The van der Waals surface area contributed by atoms with Gasteiger partial charge < -0.3 is 9.80 Å². The Morgan fingerprint density at radius 3 is 1.76 bits per heavy atom. The highest BCUT2D eigenvalue weighted by Gasteiger charge is 2.38. The lowest BCUT2D eigenvalue weighted by Gasteiger charge is -2.24. The normalized spacial score (nSPS) is 22.0. The first-order valence-corrected chi connectivity index (χ1v) is 10.5. The van der Waals surface area contributed by atoms with Gasteiger partial charge >= 0.3 is 0 Å². The van der Waals surface area contributed by atoms with E-state index in [1.807, 2.05) is 0 Å². The van der Waals surface area contributed by atoms with Crippen molar-refractivity contribution in [1.29, 1.82) is 0 Å². The van der Waals surface area contributed by atoms with Crippen molar-refractivity contribution in [2.75, 3.05) is 23.9 Å². The highest BCUT2D eigenvalue weighted by atomic mass is 15.2. The van der Waals surface area contributed by atoms with Crippen LogP contribution in [0.15, 0.2) is 84.2 Å². The number of rotatable bonds is 3. The molecule has 2 nitrogen and oxygen atoms in total. The van der Waals surface area contributed by atoms with Gasteiger partial charge in [0.1, 0.15) is 0 Å². The van der Waals surface area contributed by atoms with Crippen molar-refractivity contribution >= 4 is 11.4 Å². The van der Waals surface area contributed by atoms with E-state index in [9.17, 15) is 0 Å². The van der Waals surface area contributed by atoms with Crippen LogP contribution in [0.2, 0.25) is 0 Å². The van der Waals surface area contributed by atoms with Gasteiger partial charge in [0.05, 0.1) is 0 Å². The maximum atomic E-state index is 2.37. The fourth-order valence-electron chi connectivity index (χ4n) is 5.09. The molecule has 0 bridgehead atoms. The number of para-hydroxylation sites is 2. The van der Waals surface area contributed by atoms with E-state index in [1.54, 1.807) is 0 Å². The number of anilines is 2. The number of nitrogens with zero attached hydrogens (tertiary/aromatic N) is 2. The Hall–Kier alpha value is -2.74. The van der Waals surface area contributed by atoms with Crippen molar-refractivity contribution in [1.82, 2.24) is 0 Å². The van der Waals surface area contributed by atoms with Gasteiger partial charge in [-0.15, -0.1) is 0 Å². The van der Waals surface area contributed by atoms with Crippen LogP contribution in [0.25, 0.3) is 0 Å². The molecular formula is C27H32N2. The molecule has 0 aromatic heterocycles. The number of hydrogen-bond donors (Lipinski definition) is 0. The third kappa shape index (κ3) is 3.02. The number of likely N-dealkylation sites (N-methyl/N-ethyl adjacent to an activating group) is 2. The Bertz CT molecular complexity index is 1020. The van der Waals surface area contributed by atoms with E-state index in [0.29, 0.717) is 0 Å². The summed E-state index contributed by atoms with van der Waals surface area (Å²) >= 11 is 0. The molecule has 0 fully saturated rings. The van der Waals surface area contributed by atoms with Gasteiger partial charge in [0.15, 0.2) is 0 Å². The van der Waals surface area contributed by atoms with Crippen molar-refractivity contribution in [3.63, 3.8) is 0 Å². The Labute approximate surface area is 175 Å². The number of fused-ring (bicyclic) bond motifs is 2. The summed E-state index contributed by atoms with van der Waals surface area (Å²) in [5.74, 6) is 0. The molecule has 2 aromatic rings. The zero-order valence-electron chi connectivity index (χ0n) is 18.5. The second-order valence-corrected chi connectivity index (χ2v) is 9.21. The van der Waals surface area contributed by atoms with Crippen molar-refractivity contribution in [3.05, 3.63) is 95.4 Å². The second kappa shape index (κ2) is 6.95. The van der Waals surface area contributed by atoms with Crippen LogP contribution < -0.4 is 9.80 Å². The number of hydrogen-bond acceptors (Lipinski definition) is 2. The Morgan fingerprint density at radius 2 is 1.21 bits per heavy atom. The lowest BCUT2D eigenvalue weighted by molar-refractivity contribution is 0.637. The van der Waals surface area contributed by atoms with Crippen molar-refractivity contribution < 1.29 is 0 Å². The second-order valence-electron chi connectivity index (χ2n) is 9.21. The van der Waals surface area contributed by atoms with Gasteiger partial charge in [0.2, 0.25) is 0 Å². The third-order valence-electron chi connectivity index (χ3n) is 6.72. The van der Waals surface area contributed by atoms with E-state index in [0.717, 1.165) is 6.42 Å². The molecule has 2 aliphatic heterocycles. The zero-order chi connectivity index (χ0) is 20.8. The Kier molecular flexibility index (Phi) is 4.69. The Morgan fingerprint density at radius 1 is 0.724 bits per heavy atom. The molecule has 2 heterocycles. The lowest BCUT2D eigenvalue weighted by atomic mass is 9.83. The first-order valence-electron chi connectivity index (χ1n) is 10.5. The molecule has 0 amide bonds. The first kappa shape index (κ1) is 19.6. The van der Waals surface area contributed by atoms with E-state index in [2.05, 4.69) is 124 Å². The minimum absolute atomic E-state index is 0.0312. The zero-order valence-corrected chi connectivity index (χ0v) is 18.5. The van der Waals surface area contributed by atoms with Gasteiger partial charge in [0.25, 0.3) is 0 Å². The smallest absolute Gasteiger partial charge is 0.0447 e. The van der Waals surface area contributed by atoms with Crippen molar-refractivity contribution in [2.24, 2.45) is 0 Å². The van der Waals surface area contributed by atoms with Gasteiger partial charge in [-0.25, -0.2) is 0 Å². The van der Waals surface area contributed by atoms with Gasteiger partial charge in [-0.05, 0) is 35.8 Å². The molecule has 0 N–H and O–H groups in total. The summed E-state index contributed by atoms with van der Waals surface area (Å²) in [6, 6.07) is 17.4. The predicted molar refractivity (Wildman–Crippen MR) is 126 cm³/mol. The van der Waals surface area contributed by atoms with Crippen LogP contribution in [0.1, 0.15) is 45.2 Å². The molecule has 0 spiro atoms. The minimum Gasteiger partial charge on any atom is -0.347 e. The molecule has 0 unspecified atom stereocenters. The van der Waals surface area contributed by atoms with Crippen LogP contribution in [0, 0.1) is 0 Å². The summed E-state index contributed by atoms with van der Waals surface area (Å²) in [7, 11) is 4.35. The lowest BCUT2D eigenvalue weighted by Crippen LogP contribution is -2.22. The Balaban J connectivity index is 1.52. The summed E-state index contributed by atoms with van der Waals surface area (Å²) in [5, 5.41) is 0. The summed E-state index contributed by atoms with van der Waals surface area (Å²) < 4.78 is 0. The number of allylic oxidation sites excluding steroid dienone is 6. The van der Waals surface area contributed by atoms with E-state index < -0.39 is 0 Å². The topological polar surface area (TPSA) is 6.48 Å². The minimum atomic E-state index is 0.0312. The van der Waals surface area contributed by atoms with Crippen LogP contribution in [-0.2, 0) is 10.8 Å². The average molecular weight is 385 g/mol. The molecule has 0 radical (unpaired) electrons. The van der Waals surface area contributed by atoms with Crippen LogP contribution in [0.5, 0.6) is 0 Å². The molecule has 0 atom stereocenters. The van der Waals surface area contributed by atoms with Gasteiger partial charge in [-0.3, -0.25) is 0 Å². The van der Waals surface area contributed by atoms with Crippen LogP contribution in [0.3, 0.4) is 0 Å². The van der Waals surface area contributed by atoms with Gasteiger partial charge in [0, 0.05) is 47.7 Å². The molecule has 4 rings (SSSR count). The van der Waals surface area contributed by atoms with E-state index in [1.165, 1.54) is 33.9 Å². The maximum Gasteiger partial charge on any atom is 0.0447 e. The van der Waals surface area contributed by atoms with E-state index >= 15 is 0 Å². The fourth-order valence-corrected chi connectivity index (χ4v) is 5.09. The first-order chi connectivity index (χ1) is 13.8. The SMILES string of the molecule is CN1C(=CC=CCC=C2N(C)c3ccccc3C2(C)C)C(C)(C)c2ccccc21. The van der Waals surface area contributed by atoms with Crippen LogP contribution in [0.4, 0.5) is 11.4 Å². The predicted octanol–water partition coefficient (Wildman–Crippen LogP) is 6.56. The molecule has 0 saturated carbocycles. The third-order valence-corrected chi connectivity index (χ3v) is 6.72. The molecule has 0 saturated heterocycles. The van der Waals surface area contributed by atoms with Crippen LogP contribution >= 0.6 is 0 Å². The maximum absolute atomic E-state index is 2.37. The van der Waals surface area contributed by atoms with Crippen molar-refractivity contribution in [2.45, 2.75) is 44.9 Å². The highest BCUT2D eigenvalue weighted by Crippen LogP contribution is 2.47. The molecular weight excluding hydrogens is 352 g/mol. The molecule has 2 heteroatoms. The molecule has 0 aliphatic carbocycles. The fraction of sp³-hybridized carbons (Fsp3) is 0.333. The summed E-state index contributed by atoms with van der Waals surface area (Å²) in [6.07, 6.45) is 10.0. The summed E-state index contributed by atoms with van der Waals surface area (Å²) in [6.45, 7) is 9.26. The standard InChI is InChI=1S/C27H32N2/c1-26(2)20-14-10-12-16-22(20)28(5)24(26)18-8-7-9-19-25-27(3,4)21-15-11-13-17-23(21)29(25)6/h7-8,10-19H,9H2,1-6H3. The van der Waals surface area contributed by atoms with Crippen LogP contribution in [-0.4, -0.2) is 14.1 Å². The van der Waals surface area contributed by atoms with Gasteiger partial charge in [-0.1, -0.05) is 82.3 Å². The quantitative estimate of drug-likeness (QED) is 0.591.